The second-order valence-corrected chi connectivity index (χ2v) is 10.5. The zero-order chi connectivity index (χ0) is 28.2. The van der Waals surface area contributed by atoms with E-state index in [4.69, 9.17) is 4.74 Å². The molecule has 208 valence electrons. The molecule has 3 heterocycles. The Morgan fingerprint density at radius 3 is 2.49 bits per heavy atom. The minimum Gasteiger partial charge on any atom is -0.381 e. The molecule has 12 heteroatoms. The highest BCUT2D eigenvalue weighted by Crippen LogP contribution is 2.38. The SMILES string of the molecule is Cc1cc(C(=O)N2[C@@H](C(=O)NC(c3cc(F)c(C(F)(F)F)cc3F)C3COC3)C[C@@H](C)[C@H]2C)c2[nH]ncc2c1. The third-order valence-corrected chi connectivity index (χ3v) is 7.81. The van der Waals surface area contributed by atoms with Crippen LogP contribution in [0.1, 0.15) is 53.4 Å². The maximum absolute atomic E-state index is 14.9. The normalized spacial score (nSPS) is 22.7. The fourth-order valence-electron chi connectivity index (χ4n) is 5.46. The van der Waals surface area contributed by atoms with E-state index < -0.39 is 52.8 Å². The van der Waals surface area contributed by atoms with Gasteiger partial charge in [0.05, 0.1) is 42.1 Å². The molecular weight excluding hydrogens is 523 g/mol. The Morgan fingerprint density at radius 1 is 1.13 bits per heavy atom. The summed E-state index contributed by atoms with van der Waals surface area (Å²) in [4.78, 5) is 29.0. The van der Waals surface area contributed by atoms with Crippen LogP contribution >= 0.6 is 0 Å². The fourth-order valence-corrected chi connectivity index (χ4v) is 5.46. The summed E-state index contributed by atoms with van der Waals surface area (Å²) in [5.41, 5.74) is -0.420. The number of nitrogens with one attached hydrogen (secondary N) is 2. The summed E-state index contributed by atoms with van der Waals surface area (Å²) in [6, 6.07) is 1.76. The Balaban J connectivity index is 1.47. The molecule has 2 aromatic carbocycles. The number of aromatic nitrogens is 2. The zero-order valence-electron chi connectivity index (χ0n) is 21.4. The van der Waals surface area contributed by atoms with Gasteiger partial charge in [-0.1, -0.05) is 6.92 Å². The van der Waals surface area contributed by atoms with Crippen molar-refractivity contribution in [3.05, 3.63) is 64.4 Å². The van der Waals surface area contributed by atoms with Gasteiger partial charge in [-0.3, -0.25) is 14.7 Å². The van der Waals surface area contributed by atoms with Crippen LogP contribution in [0.5, 0.6) is 0 Å². The van der Waals surface area contributed by atoms with Crippen molar-refractivity contribution in [3.8, 4) is 0 Å². The van der Waals surface area contributed by atoms with Gasteiger partial charge in [0, 0.05) is 22.9 Å². The smallest absolute Gasteiger partial charge is 0.381 e. The van der Waals surface area contributed by atoms with Crippen molar-refractivity contribution in [3.63, 3.8) is 0 Å². The molecule has 2 fully saturated rings. The number of aryl methyl sites for hydroxylation is 1. The van der Waals surface area contributed by atoms with E-state index >= 15 is 0 Å². The average molecular weight is 551 g/mol. The molecular formula is C27H27F5N4O3. The van der Waals surface area contributed by atoms with Crippen LogP contribution in [0.15, 0.2) is 30.5 Å². The first kappa shape index (κ1) is 27.0. The molecule has 7 nitrogen and oxygen atoms in total. The van der Waals surface area contributed by atoms with Crippen molar-refractivity contribution < 1.29 is 36.3 Å². The van der Waals surface area contributed by atoms with E-state index in [0.29, 0.717) is 23.6 Å². The predicted molar refractivity (Wildman–Crippen MR) is 131 cm³/mol. The monoisotopic (exact) mass is 550 g/mol. The number of aromatic amines is 1. The zero-order valence-corrected chi connectivity index (χ0v) is 21.4. The summed E-state index contributed by atoms with van der Waals surface area (Å²) in [5.74, 6) is -4.46. The van der Waals surface area contributed by atoms with E-state index in [9.17, 15) is 31.5 Å². The summed E-state index contributed by atoms with van der Waals surface area (Å²) in [5, 5.41) is 10.3. The third-order valence-electron chi connectivity index (χ3n) is 7.81. The van der Waals surface area contributed by atoms with Gasteiger partial charge < -0.3 is 15.0 Å². The van der Waals surface area contributed by atoms with Crippen LogP contribution in [0.4, 0.5) is 22.0 Å². The second kappa shape index (κ2) is 9.89. The first-order chi connectivity index (χ1) is 18.4. The van der Waals surface area contributed by atoms with Crippen LogP contribution in [0.3, 0.4) is 0 Å². The Kier molecular flexibility index (Phi) is 6.86. The molecule has 5 rings (SSSR count). The minimum atomic E-state index is -5.07. The maximum atomic E-state index is 14.9. The third kappa shape index (κ3) is 4.86. The largest absolute Gasteiger partial charge is 0.419 e. The number of H-pyrrole nitrogens is 1. The number of nitrogens with zero attached hydrogens (tertiary/aromatic N) is 2. The Morgan fingerprint density at radius 2 is 1.85 bits per heavy atom. The van der Waals surface area contributed by atoms with E-state index in [1.165, 1.54) is 4.90 Å². The number of carbonyl (C=O) groups excluding carboxylic acids is 2. The number of benzene rings is 2. The first-order valence-electron chi connectivity index (χ1n) is 12.6. The lowest BCUT2D eigenvalue weighted by Gasteiger charge is -2.36. The van der Waals surface area contributed by atoms with Crippen molar-refractivity contribution in [2.24, 2.45) is 11.8 Å². The Bertz CT molecular complexity index is 1430. The van der Waals surface area contributed by atoms with Crippen molar-refractivity contribution in [1.82, 2.24) is 20.4 Å². The molecule has 0 bridgehead atoms. The molecule has 2 amide bonds. The number of fused-ring (bicyclic) bond motifs is 1. The summed E-state index contributed by atoms with van der Waals surface area (Å²) in [6.45, 7) is 5.79. The van der Waals surface area contributed by atoms with Crippen molar-refractivity contribution >= 4 is 22.7 Å². The van der Waals surface area contributed by atoms with Crippen molar-refractivity contribution in [1.29, 1.82) is 0 Å². The topological polar surface area (TPSA) is 87.3 Å². The molecule has 4 atom stereocenters. The van der Waals surface area contributed by atoms with E-state index in [1.807, 2.05) is 26.8 Å². The minimum absolute atomic E-state index is 0.0579. The predicted octanol–water partition coefficient (Wildman–Crippen LogP) is 4.91. The number of alkyl halides is 3. The molecule has 0 saturated carbocycles. The van der Waals surface area contributed by atoms with Gasteiger partial charge in [0.25, 0.3) is 5.91 Å². The van der Waals surface area contributed by atoms with Crippen LogP contribution in [-0.4, -0.2) is 52.2 Å². The van der Waals surface area contributed by atoms with Crippen LogP contribution in [-0.2, 0) is 15.7 Å². The molecule has 0 spiro atoms. The summed E-state index contributed by atoms with van der Waals surface area (Å²) in [6.07, 6.45) is -3.16. The molecule has 3 aromatic rings. The summed E-state index contributed by atoms with van der Waals surface area (Å²) in [7, 11) is 0. The van der Waals surface area contributed by atoms with E-state index in [1.54, 1.807) is 12.3 Å². The molecule has 0 aliphatic carbocycles. The molecule has 39 heavy (non-hydrogen) atoms. The average Bonchev–Trinajstić information content (AvgIpc) is 3.41. The Labute approximate surface area is 220 Å². The van der Waals surface area contributed by atoms with Crippen LogP contribution in [0.2, 0.25) is 0 Å². The van der Waals surface area contributed by atoms with Crippen molar-refractivity contribution in [2.45, 2.75) is 51.5 Å². The first-order valence-corrected chi connectivity index (χ1v) is 12.6. The molecule has 1 aromatic heterocycles. The van der Waals surface area contributed by atoms with E-state index in [2.05, 4.69) is 15.5 Å². The van der Waals surface area contributed by atoms with Gasteiger partial charge in [-0.15, -0.1) is 0 Å². The van der Waals surface area contributed by atoms with Gasteiger partial charge in [0.1, 0.15) is 17.7 Å². The number of rotatable bonds is 5. The number of amides is 2. The van der Waals surface area contributed by atoms with Crippen LogP contribution in [0, 0.1) is 30.4 Å². The van der Waals surface area contributed by atoms with Crippen LogP contribution < -0.4 is 5.32 Å². The van der Waals surface area contributed by atoms with Gasteiger partial charge in [0.2, 0.25) is 5.91 Å². The fraction of sp³-hybridized carbons (Fsp3) is 0.444. The van der Waals surface area contributed by atoms with Gasteiger partial charge in [-0.2, -0.15) is 18.3 Å². The van der Waals surface area contributed by atoms with E-state index in [0.717, 1.165) is 10.9 Å². The van der Waals surface area contributed by atoms with Gasteiger partial charge >= 0.3 is 6.18 Å². The maximum Gasteiger partial charge on any atom is 0.419 e. The number of hydrogen-bond acceptors (Lipinski definition) is 4. The highest BCUT2D eigenvalue weighted by atomic mass is 19.4. The summed E-state index contributed by atoms with van der Waals surface area (Å²) < 4.78 is 73.8. The molecule has 2 N–H and O–H groups in total. The lowest BCUT2D eigenvalue weighted by atomic mass is 9.89. The number of ether oxygens (including phenoxy) is 1. The lowest BCUT2D eigenvalue weighted by Crippen LogP contribution is -2.51. The lowest BCUT2D eigenvalue weighted by molar-refractivity contribution is -0.140. The standard InChI is InChI=1S/C27H27F5N4O3/c1-12-4-15-9-33-35-24(15)18(5-12)26(38)36-14(3)13(2)6-22(36)25(37)34-23(16-10-39-11-16)17-7-21(29)19(8-20(17)28)27(30,31)32/h4-5,7-9,13-14,16,22-23H,6,10-11H2,1-3H3,(H,33,35)(H,34,37)/t13-,14-,22-,23?/m1/s1. The quantitative estimate of drug-likeness (QED) is 0.442. The highest BCUT2D eigenvalue weighted by molar-refractivity contribution is 6.07. The van der Waals surface area contributed by atoms with Gasteiger partial charge in [-0.05, 0) is 56.0 Å². The van der Waals surface area contributed by atoms with Gasteiger partial charge in [0.15, 0.2) is 0 Å². The molecule has 1 unspecified atom stereocenters. The van der Waals surface area contributed by atoms with E-state index in [-0.39, 0.29) is 37.1 Å². The molecule has 0 radical (unpaired) electrons. The number of likely N-dealkylation sites (tertiary alicyclic amines) is 1. The number of halogens is 5. The molecule has 2 saturated heterocycles. The highest BCUT2D eigenvalue weighted by Gasteiger charge is 2.45. The number of hydrogen-bond donors (Lipinski definition) is 2. The van der Waals surface area contributed by atoms with Crippen molar-refractivity contribution in [2.75, 3.05) is 13.2 Å². The summed E-state index contributed by atoms with van der Waals surface area (Å²) >= 11 is 0. The molecule has 2 aliphatic heterocycles. The molecule has 2 aliphatic rings. The van der Waals surface area contributed by atoms with Gasteiger partial charge in [-0.25, -0.2) is 8.78 Å². The second-order valence-electron chi connectivity index (χ2n) is 10.5. The van der Waals surface area contributed by atoms with Crippen LogP contribution in [0.25, 0.3) is 10.9 Å². The number of carbonyl (C=O) groups is 2. The Hall–Kier alpha value is -3.54.